The Balaban J connectivity index is 2.33. The first-order chi connectivity index (χ1) is 10.8. The molecule has 4 heteroatoms. The molecule has 116 valence electrons. The van der Waals surface area contributed by atoms with Crippen molar-refractivity contribution < 1.29 is 9.47 Å². The van der Waals surface area contributed by atoms with E-state index in [1.54, 1.807) is 25.0 Å². The van der Waals surface area contributed by atoms with E-state index in [0.29, 0.717) is 0 Å². The summed E-state index contributed by atoms with van der Waals surface area (Å²) in [6.45, 7) is 2.15. The quantitative estimate of drug-likeness (QED) is 0.482. The second-order valence-electron chi connectivity index (χ2n) is 4.44. The summed E-state index contributed by atoms with van der Waals surface area (Å²) in [6, 6.07) is 14.1. The van der Waals surface area contributed by atoms with Crippen LogP contribution in [-0.4, -0.2) is 20.0 Å². The van der Waals surface area contributed by atoms with E-state index in [4.69, 9.17) is 9.47 Å². The Hall–Kier alpha value is -1.52. The number of methoxy groups -OCH3 is 2. The zero-order valence-corrected chi connectivity index (χ0v) is 14.7. The molecule has 0 fully saturated rings. The van der Waals surface area contributed by atoms with E-state index in [1.165, 1.54) is 0 Å². The zero-order valence-electron chi connectivity index (χ0n) is 13.0. The fourth-order valence-corrected chi connectivity index (χ4v) is 3.96. The van der Waals surface area contributed by atoms with Gasteiger partial charge in [0.1, 0.15) is 11.5 Å². The van der Waals surface area contributed by atoms with Gasteiger partial charge in [0.25, 0.3) is 0 Å². The number of ether oxygens (including phenoxy) is 2. The summed E-state index contributed by atoms with van der Waals surface area (Å²) >= 11 is 0. The third kappa shape index (κ3) is 4.24. The first-order valence-electron chi connectivity index (χ1n) is 7.07. The summed E-state index contributed by atoms with van der Waals surface area (Å²) in [5.41, 5.74) is 2.21. The molecule has 0 bridgehead atoms. The fourth-order valence-electron chi connectivity index (χ4n) is 2.02. The Morgan fingerprint density at radius 1 is 0.864 bits per heavy atom. The van der Waals surface area contributed by atoms with Gasteiger partial charge in [-0.1, -0.05) is 71.0 Å². The number of hydrogen-bond acceptors (Lipinski definition) is 4. The van der Waals surface area contributed by atoms with Crippen LogP contribution in [0.4, 0.5) is 0 Å². The maximum atomic E-state index is 5.49. The van der Waals surface area contributed by atoms with Crippen molar-refractivity contribution in [3.63, 3.8) is 0 Å². The van der Waals surface area contributed by atoms with Gasteiger partial charge in [0.2, 0.25) is 0 Å². The van der Waals surface area contributed by atoms with E-state index in [-0.39, 0.29) is 0 Å². The molecule has 0 amide bonds. The van der Waals surface area contributed by atoms with Gasteiger partial charge in [-0.05, 0) is 17.7 Å². The molecule has 22 heavy (non-hydrogen) atoms. The topological polar surface area (TPSA) is 18.5 Å². The van der Waals surface area contributed by atoms with Crippen LogP contribution in [0.1, 0.15) is 18.1 Å². The molecule has 0 spiro atoms. The van der Waals surface area contributed by atoms with Crippen LogP contribution in [0.2, 0.25) is 0 Å². The first-order valence-corrected chi connectivity index (χ1v) is 9.39. The molecule has 0 saturated heterocycles. The van der Waals surface area contributed by atoms with Gasteiger partial charge in [-0.3, -0.25) is 0 Å². The van der Waals surface area contributed by atoms with E-state index in [0.717, 1.165) is 33.3 Å². The second-order valence-corrected chi connectivity index (χ2v) is 7.04. The van der Waals surface area contributed by atoms with Crippen molar-refractivity contribution in [3.05, 3.63) is 53.6 Å². The van der Waals surface area contributed by atoms with Crippen LogP contribution in [0.15, 0.2) is 47.4 Å². The lowest BCUT2D eigenvalue weighted by Gasteiger charge is -2.10. The fraction of sp³-hybridized carbons (Fsp3) is 0.222. The van der Waals surface area contributed by atoms with E-state index in [2.05, 4.69) is 25.1 Å². The molecule has 0 saturated carbocycles. The molecule has 2 aromatic carbocycles. The van der Waals surface area contributed by atoms with Crippen molar-refractivity contribution in [2.75, 3.05) is 20.0 Å². The van der Waals surface area contributed by atoms with Crippen molar-refractivity contribution in [2.24, 2.45) is 0 Å². The van der Waals surface area contributed by atoms with Gasteiger partial charge in [0, 0.05) is 11.3 Å². The Morgan fingerprint density at radius 3 is 2.23 bits per heavy atom. The smallest absolute Gasteiger partial charge is 0.133 e. The highest BCUT2D eigenvalue weighted by molar-refractivity contribution is 8.76. The van der Waals surface area contributed by atoms with Gasteiger partial charge in [-0.2, -0.15) is 0 Å². The normalized spacial score (nSPS) is 10.9. The molecule has 0 aliphatic rings. The molecule has 0 aromatic heterocycles. The summed E-state index contributed by atoms with van der Waals surface area (Å²) in [5.74, 6) is 2.84. The summed E-state index contributed by atoms with van der Waals surface area (Å²) in [5, 5.41) is 0. The molecular weight excluding hydrogens is 312 g/mol. The second kappa shape index (κ2) is 8.81. The molecule has 0 aliphatic carbocycles. The van der Waals surface area contributed by atoms with Gasteiger partial charge < -0.3 is 9.47 Å². The number of para-hydroxylation sites is 1. The van der Waals surface area contributed by atoms with Crippen LogP contribution < -0.4 is 9.47 Å². The van der Waals surface area contributed by atoms with Crippen molar-refractivity contribution in [2.45, 2.75) is 11.8 Å². The summed E-state index contributed by atoms with van der Waals surface area (Å²) in [7, 11) is 6.97. The van der Waals surface area contributed by atoms with E-state index in [9.17, 15) is 0 Å². The lowest BCUT2D eigenvalue weighted by Crippen LogP contribution is -1.88. The van der Waals surface area contributed by atoms with Gasteiger partial charge in [-0.25, -0.2) is 0 Å². The van der Waals surface area contributed by atoms with E-state index < -0.39 is 0 Å². The third-order valence-electron chi connectivity index (χ3n) is 3.07. The molecule has 2 nitrogen and oxygen atoms in total. The van der Waals surface area contributed by atoms with Crippen LogP contribution in [0.25, 0.3) is 12.2 Å². The molecular formula is C18H20O2S2. The molecule has 2 rings (SSSR count). The van der Waals surface area contributed by atoms with Gasteiger partial charge in [0.05, 0.1) is 19.1 Å². The number of hydrogen-bond donors (Lipinski definition) is 0. The average molecular weight is 332 g/mol. The molecule has 0 aliphatic heterocycles. The number of rotatable bonds is 7. The SMILES string of the molecule is CCSSc1c(/C=C/c2ccccc2OC)cccc1OC. The van der Waals surface area contributed by atoms with Crippen LogP contribution in [0, 0.1) is 0 Å². The minimum atomic E-state index is 0.874. The Bertz CT molecular complexity index is 639. The molecule has 0 radical (unpaired) electrons. The van der Waals surface area contributed by atoms with Crippen molar-refractivity contribution in [3.8, 4) is 11.5 Å². The molecule has 2 aromatic rings. The Kier molecular flexibility index (Phi) is 6.74. The first kappa shape index (κ1) is 16.8. The predicted molar refractivity (Wildman–Crippen MR) is 98.9 cm³/mol. The largest absolute Gasteiger partial charge is 0.496 e. The summed E-state index contributed by atoms with van der Waals surface area (Å²) < 4.78 is 10.9. The minimum absolute atomic E-state index is 0.874. The van der Waals surface area contributed by atoms with Gasteiger partial charge in [0.15, 0.2) is 0 Å². The van der Waals surface area contributed by atoms with Gasteiger partial charge in [-0.15, -0.1) is 0 Å². The maximum Gasteiger partial charge on any atom is 0.133 e. The molecule has 0 atom stereocenters. The molecule has 0 unspecified atom stereocenters. The third-order valence-corrected chi connectivity index (χ3v) is 5.59. The Labute approximate surface area is 140 Å². The summed E-state index contributed by atoms with van der Waals surface area (Å²) in [4.78, 5) is 1.16. The zero-order chi connectivity index (χ0) is 15.8. The number of benzene rings is 2. The highest BCUT2D eigenvalue weighted by Gasteiger charge is 2.08. The van der Waals surface area contributed by atoms with E-state index in [1.807, 2.05) is 47.2 Å². The highest BCUT2D eigenvalue weighted by atomic mass is 33.1. The highest BCUT2D eigenvalue weighted by Crippen LogP contribution is 2.40. The van der Waals surface area contributed by atoms with Crippen LogP contribution in [0.3, 0.4) is 0 Å². The standard InChI is InChI=1S/C18H20O2S2/c1-4-21-22-18-15(9-7-11-17(18)20-3)13-12-14-8-5-6-10-16(14)19-2/h5-13H,4H2,1-3H3/b13-12+. The van der Waals surface area contributed by atoms with Gasteiger partial charge >= 0.3 is 0 Å². The summed E-state index contributed by atoms with van der Waals surface area (Å²) in [6.07, 6.45) is 4.19. The van der Waals surface area contributed by atoms with Crippen LogP contribution in [0.5, 0.6) is 11.5 Å². The monoisotopic (exact) mass is 332 g/mol. The average Bonchev–Trinajstić information content (AvgIpc) is 2.58. The lowest BCUT2D eigenvalue weighted by atomic mass is 10.1. The van der Waals surface area contributed by atoms with Crippen molar-refractivity contribution in [1.29, 1.82) is 0 Å². The Morgan fingerprint density at radius 2 is 1.50 bits per heavy atom. The molecule has 0 N–H and O–H groups in total. The van der Waals surface area contributed by atoms with E-state index >= 15 is 0 Å². The maximum absolute atomic E-state index is 5.49. The lowest BCUT2D eigenvalue weighted by molar-refractivity contribution is 0.405. The predicted octanol–water partition coefficient (Wildman–Crippen LogP) is 5.63. The van der Waals surface area contributed by atoms with Crippen LogP contribution in [-0.2, 0) is 0 Å². The van der Waals surface area contributed by atoms with Crippen LogP contribution >= 0.6 is 21.6 Å². The molecule has 0 heterocycles. The minimum Gasteiger partial charge on any atom is -0.496 e. The van der Waals surface area contributed by atoms with Crippen molar-refractivity contribution in [1.82, 2.24) is 0 Å². The van der Waals surface area contributed by atoms with Crippen molar-refractivity contribution >= 4 is 33.7 Å².